The van der Waals surface area contributed by atoms with E-state index in [4.69, 9.17) is 0 Å². The van der Waals surface area contributed by atoms with Gasteiger partial charge in [0.2, 0.25) is 0 Å². The summed E-state index contributed by atoms with van der Waals surface area (Å²) in [7, 11) is 0. The van der Waals surface area contributed by atoms with Gasteiger partial charge in [-0.05, 0) is 117 Å². The Labute approximate surface area is 297 Å². The summed E-state index contributed by atoms with van der Waals surface area (Å²) in [5.74, 6) is 0.480. The largest absolute Gasteiger partial charge is 0.355 e. The molecule has 3 heteroatoms. The molecule has 1 unspecified atom stereocenters. The molecule has 0 spiro atoms. The number of anilines is 5. The zero-order chi connectivity index (χ0) is 33.4. The maximum absolute atomic E-state index is 3.78. The highest BCUT2D eigenvalue weighted by molar-refractivity contribution is 7.20. The van der Waals surface area contributed by atoms with Crippen LogP contribution in [0, 0.1) is 5.92 Å². The third-order valence-electron chi connectivity index (χ3n) is 9.76. The van der Waals surface area contributed by atoms with Gasteiger partial charge in [0.1, 0.15) is 0 Å². The van der Waals surface area contributed by atoms with Gasteiger partial charge in [-0.2, -0.15) is 0 Å². The predicted octanol–water partition coefficient (Wildman–Crippen LogP) is 13.6. The van der Waals surface area contributed by atoms with Gasteiger partial charge in [0, 0.05) is 43.6 Å². The van der Waals surface area contributed by atoms with Gasteiger partial charge in [-0.1, -0.05) is 116 Å². The van der Waals surface area contributed by atoms with Crippen LogP contribution in [-0.2, 0) is 6.42 Å². The smallest absolute Gasteiger partial charge is 0.0464 e. The lowest BCUT2D eigenvalue weighted by molar-refractivity contribution is 0.721. The van der Waals surface area contributed by atoms with E-state index in [0.717, 1.165) is 34.9 Å². The number of fused-ring (bicyclic) bond motifs is 4. The minimum atomic E-state index is 0.480. The number of allylic oxidation sites excluding steroid dienone is 1. The molecule has 0 fully saturated rings. The van der Waals surface area contributed by atoms with E-state index in [-0.39, 0.29) is 0 Å². The monoisotopic (exact) mass is 660 g/mol. The van der Waals surface area contributed by atoms with Crippen molar-refractivity contribution in [1.82, 2.24) is 0 Å². The van der Waals surface area contributed by atoms with E-state index in [0.29, 0.717) is 5.92 Å². The van der Waals surface area contributed by atoms with Crippen LogP contribution in [0.15, 0.2) is 176 Å². The van der Waals surface area contributed by atoms with Crippen LogP contribution in [0.1, 0.15) is 22.9 Å². The van der Waals surface area contributed by atoms with Crippen molar-refractivity contribution in [3.05, 3.63) is 192 Å². The molecule has 1 aliphatic rings. The van der Waals surface area contributed by atoms with Crippen molar-refractivity contribution in [1.29, 1.82) is 0 Å². The molecule has 0 aliphatic heterocycles. The van der Waals surface area contributed by atoms with Crippen LogP contribution in [0.3, 0.4) is 0 Å². The second kappa shape index (κ2) is 12.9. The number of rotatable bonds is 7. The molecular weight excluding hydrogens is 625 g/mol. The van der Waals surface area contributed by atoms with Crippen molar-refractivity contribution in [2.45, 2.75) is 13.3 Å². The minimum absolute atomic E-state index is 0.480. The van der Waals surface area contributed by atoms with E-state index in [1.54, 1.807) is 0 Å². The van der Waals surface area contributed by atoms with E-state index in [1.807, 2.05) is 11.3 Å². The molecule has 2 nitrogen and oxygen atoms in total. The van der Waals surface area contributed by atoms with Crippen LogP contribution >= 0.6 is 11.3 Å². The summed E-state index contributed by atoms with van der Waals surface area (Å²) in [4.78, 5) is 3.72. The summed E-state index contributed by atoms with van der Waals surface area (Å²) >= 11 is 1.92. The van der Waals surface area contributed by atoms with Gasteiger partial charge in [0.05, 0.1) is 0 Å². The SMILES string of the molecule is CC1C=C(c2ccccc2Nc2ccc(N(c3ccccc3)c3ccc(-c4ccc5ccccc5c4)cc3)cc2)c2sc3ccccc3c2C1. The van der Waals surface area contributed by atoms with E-state index < -0.39 is 0 Å². The molecule has 50 heavy (non-hydrogen) atoms. The van der Waals surface area contributed by atoms with Crippen LogP contribution < -0.4 is 10.2 Å². The molecule has 0 saturated carbocycles. The molecule has 0 bridgehead atoms. The number of thiophene rings is 1. The molecule has 0 amide bonds. The van der Waals surface area contributed by atoms with Crippen molar-refractivity contribution in [2.24, 2.45) is 5.92 Å². The zero-order valence-electron chi connectivity index (χ0n) is 27.9. The Balaban J connectivity index is 1.02. The average Bonchev–Trinajstić information content (AvgIpc) is 3.54. The molecular formula is C47H36N2S. The normalized spacial score (nSPS) is 13.9. The molecule has 7 aromatic carbocycles. The maximum Gasteiger partial charge on any atom is 0.0464 e. The van der Waals surface area contributed by atoms with Crippen molar-refractivity contribution in [3.8, 4) is 11.1 Å². The molecule has 240 valence electrons. The first kappa shape index (κ1) is 30.2. The Morgan fingerprint density at radius 1 is 0.580 bits per heavy atom. The zero-order valence-corrected chi connectivity index (χ0v) is 28.7. The summed E-state index contributed by atoms with van der Waals surface area (Å²) in [5, 5.41) is 7.69. The highest BCUT2D eigenvalue weighted by Crippen LogP contribution is 2.45. The van der Waals surface area contributed by atoms with Crippen molar-refractivity contribution < 1.29 is 0 Å². The van der Waals surface area contributed by atoms with E-state index in [1.165, 1.54) is 53.6 Å². The topological polar surface area (TPSA) is 15.3 Å². The fourth-order valence-corrected chi connectivity index (χ4v) is 8.62. The fourth-order valence-electron chi connectivity index (χ4n) is 7.34. The van der Waals surface area contributed by atoms with Crippen LogP contribution in [0.2, 0.25) is 0 Å². The second-order valence-corrected chi connectivity index (χ2v) is 14.2. The van der Waals surface area contributed by atoms with E-state index >= 15 is 0 Å². The molecule has 9 rings (SSSR count). The van der Waals surface area contributed by atoms with Crippen molar-refractivity contribution in [3.63, 3.8) is 0 Å². The van der Waals surface area contributed by atoms with Gasteiger partial charge in [-0.15, -0.1) is 11.3 Å². The summed E-state index contributed by atoms with van der Waals surface area (Å²) in [6.45, 7) is 2.33. The standard InChI is InChI=1S/C47H36N2S/c1-32-29-43(47-44(30-32)42-16-8-10-18-46(42)50-47)41-15-7-9-17-45(41)48-37-23-27-40(28-24-37)49(38-13-3-2-4-14-38)39-25-21-34(22-26-39)36-20-19-33-11-5-6-12-35(33)31-36/h2-29,31-32,48H,30H2,1H3. The molecule has 1 atom stereocenters. The number of nitrogens with zero attached hydrogens (tertiary/aromatic N) is 1. The van der Waals surface area contributed by atoms with Gasteiger partial charge in [0.25, 0.3) is 0 Å². The number of para-hydroxylation sites is 2. The lowest BCUT2D eigenvalue weighted by Crippen LogP contribution is -2.10. The lowest BCUT2D eigenvalue weighted by atomic mass is 9.86. The Bertz CT molecular complexity index is 2490. The van der Waals surface area contributed by atoms with Gasteiger partial charge in [-0.25, -0.2) is 0 Å². The molecule has 0 radical (unpaired) electrons. The summed E-state index contributed by atoms with van der Waals surface area (Å²) < 4.78 is 1.37. The number of nitrogens with one attached hydrogen (secondary N) is 1. The van der Waals surface area contributed by atoms with E-state index in [2.05, 4.69) is 193 Å². The van der Waals surface area contributed by atoms with Gasteiger partial charge < -0.3 is 10.2 Å². The molecule has 0 saturated heterocycles. The Kier molecular flexibility index (Phi) is 7.76. The van der Waals surface area contributed by atoms with Crippen LogP contribution in [0.5, 0.6) is 0 Å². The lowest BCUT2D eigenvalue weighted by Gasteiger charge is -2.26. The molecule has 1 heterocycles. The third kappa shape index (κ3) is 5.66. The number of benzene rings is 7. The number of hydrogen-bond donors (Lipinski definition) is 1. The Morgan fingerprint density at radius 3 is 2.04 bits per heavy atom. The predicted molar refractivity (Wildman–Crippen MR) is 216 cm³/mol. The first-order valence-corrected chi connectivity index (χ1v) is 18.1. The fraction of sp³-hybridized carbons (Fsp3) is 0.0638. The molecule has 1 aliphatic carbocycles. The maximum atomic E-state index is 3.78. The van der Waals surface area contributed by atoms with E-state index in [9.17, 15) is 0 Å². The quantitative estimate of drug-likeness (QED) is 0.183. The Hall–Kier alpha value is -5.90. The molecule has 1 aromatic heterocycles. The second-order valence-electron chi connectivity index (χ2n) is 13.2. The van der Waals surface area contributed by atoms with Crippen molar-refractivity contribution >= 4 is 66.2 Å². The molecule has 1 N–H and O–H groups in total. The molecule has 8 aromatic rings. The van der Waals surface area contributed by atoms with Gasteiger partial charge in [0.15, 0.2) is 0 Å². The van der Waals surface area contributed by atoms with Gasteiger partial charge >= 0.3 is 0 Å². The highest BCUT2D eigenvalue weighted by Gasteiger charge is 2.24. The van der Waals surface area contributed by atoms with Crippen LogP contribution in [0.4, 0.5) is 28.4 Å². The Morgan fingerprint density at radius 2 is 1.22 bits per heavy atom. The summed E-state index contributed by atoms with van der Waals surface area (Å²) in [6.07, 6.45) is 3.55. The third-order valence-corrected chi connectivity index (χ3v) is 11.0. The van der Waals surface area contributed by atoms with Crippen LogP contribution in [-0.4, -0.2) is 0 Å². The average molecular weight is 661 g/mol. The first-order valence-electron chi connectivity index (χ1n) is 17.3. The van der Waals surface area contributed by atoms with Gasteiger partial charge in [-0.3, -0.25) is 0 Å². The van der Waals surface area contributed by atoms with Crippen molar-refractivity contribution in [2.75, 3.05) is 10.2 Å². The summed E-state index contributed by atoms with van der Waals surface area (Å²) in [6, 6.07) is 61.1. The summed E-state index contributed by atoms with van der Waals surface area (Å²) in [5.41, 5.74) is 12.0. The first-order chi connectivity index (χ1) is 24.7. The number of hydrogen-bond acceptors (Lipinski definition) is 3. The minimum Gasteiger partial charge on any atom is -0.355 e. The van der Waals surface area contributed by atoms with Crippen LogP contribution in [0.25, 0.3) is 37.6 Å². The highest BCUT2D eigenvalue weighted by atomic mass is 32.1.